The lowest BCUT2D eigenvalue weighted by atomic mass is 10.2. The first-order valence-corrected chi connectivity index (χ1v) is 8.60. The minimum Gasteiger partial charge on any atom is -0.338 e. The van der Waals surface area contributed by atoms with Crippen LogP contribution in [0, 0.1) is 0 Å². The predicted octanol–water partition coefficient (Wildman–Crippen LogP) is 3.65. The SMILES string of the molecule is CN(Cc1ccccc1Cl)C(=O)/C=C/c1cn(Cc2ccccc2)nn1. The van der Waals surface area contributed by atoms with E-state index in [0.29, 0.717) is 23.8 Å². The van der Waals surface area contributed by atoms with E-state index >= 15 is 0 Å². The van der Waals surface area contributed by atoms with Crippen LogP contribution in [0.15, 0.2) is 66.9 Å². The minimum atomic E-state index is -0.123. The first kappa shape index (κ1) is 17.9. The summed E-state index contributed by atoms with van der Waals surface area (Å²) in [7, 11) is 1.74. The van der Waals surface area contributed by atoms with Gasteiger partial charge in [-0.3, -0.25) is 4.79 Å². The molecule has 0 atom stereocenters. The molecule has 3 aromatic rings. The van der Waals surface area contributed by atoms with Crippen LogP contribution in [-0.2, 0) is 17.9 Å². The topological polar surface area (TPSA) is 51.0 Å². The molecule has 0 aliphatic carbocycles. The maximum atomic E-state index is 12.3. The molecule has 1 heterocycles. The Bertz CT molecular complexity index is 905. The van der Waals surface area contributed by atoms with Gasteiger partial charge in [0.1, 0.15) is 5.69 Å². The monoisotopic (exact) mass is 366 g/mol. The number of benzene rings is 2. The van der Waals surface area contributed by atoms with E-state index in [1.807, 2.05) is 60.8 Å². The van der Waals surface area contributed by atoms with Crippen molar-refractivity contribution in [3.8, 4) is 0 Å². The summed E-state index contributed by atoms with van der Waals surface area (Å²) in [6, 6.07) is 17.5. The second-order valence-electron chi connectivity index (χ2n) is 5.95. The van der Waals surface area contributed by atoms with Gasteiger partial charge in [0.15, 0.2) is 0 Å². The lowest BCUT2D eigenvalue weighted by Gasteiger charge is -2.15. The fraction of sp³-hybridized carbons (Fsp3) is 0.150. The molecule has 0 N–H and O–H groups in total. The van der Waals surface area contributed by atoms with Gasteiger partial charge in [-0.1, -0.05) is 65.3 Å². The van der Waals surface area contributed by atoms with Crippen molar-refractivity contribution in [2.75, 3.05) is 7.05 Å². The van der Waals surface area contributed by atoms with E-state index in [0.717, 1.165) is 11.1 Å². The highest BCUT2D eigenvalue weighted by Crippen LogP contribution is 2.16. The van der Waals surface area contributed by atoms with Gasteiger partial charge in [0.25, 0.3) is 0 Å². The van der Waals surface area contributed by atoms with Gasteiger partial charge < -0.3 is 4.90 Å². The van der Waals surface area contributed by atoms with E-state index < -0.39 is 0 Å². The molecule has 132 valence electrons. The van der Waals surface area contributed by atoms with Crippen LogP contribution in [0.1, 0.15) is 16.8 Å². The van der Waals surface area contributed by atoms with E-state index in [4.69, 9.17) is 11.6 Å². The Hall–Kier alpha value is -2.92. The number of rotatable bonds is 6. The van der Waals surface area contributed by atoms with E-state index in [1.54, 1.807) is 22.7 Å². The fourth-order valence-electron chi connectivity index (χ4n) is 2.48. The lowest BCUT2D eigenvalue weighted by Crippen LogP contribution is -2.24. The first-order valence-electron chi connectivity index (χ1n) is 8.22. The lowest BCUT2D eigenvalue weighted by molar-refractivity contribution is -0.125. The Morgan fingerprint density at radius 3 is 2.65 bits per heavy atom. The van der Waals surface area contributed by atoms with Crippen LogP contribution in [0.3, 0.4) is 0 Å². The molecule has 1 aromatic heterocycles. The maximum Gasteiger partial charge on any atom is 0.246 e. The van der Waals surface area contributed by atoms with E-state index in [-0.39, 0.29) is 5.91 Å². The van der Waals surface area contributed by atoms with Gasteiger partial charge in [-0.2, -0.15) is 0 Å². The number of likely N-dealkylation sites (N-methyl/N-ethyl adjacent to an activating group) is 1. The van der Waals surface area contributed by atoms with Crippen LogP contribution in [0.25, 0.3) is 6.08 Å². The number of carbonyl (C=O) groups is 1. The summed E-state index contributed by atoms with van der Waals surface area (Å²) in [6.07, 6.45) is 4.97. The second kappa shape index (κ2) is 8.45. The second-order valence-corrected chi connectivity index (χ2v) is 6.35. The molecule has 0 aliphatic rings. The molecule has 2 aromatic carbocycles. The largest absolute Gasteiger partial charge is 0.338 e. The molecule has 0 saturated carbocycles. The number of nitrogens with zero attached hydrogens (tertiary/aromatic N) is 4. The van der Waals surface area contributed by atoms with E-state index in [2.05, 4.69) is 10.3 Å². The smallest absolute Gasteiger partial charge is 0.246 e. The molecule has 0 bridgehead atoms. The van der Waals surface area contributed by atoms with Crippen molar-refractivity contribution in [2.45, 2.75) is 13.1 Å². The highest BCUT2D eigenvalue weighted by molar-refractivity contribution is 6.31. The van der Waals surface area contributed by atoms with Gasteiger partial charge in [-0.25, -0.2) is 4.68 Å². The number of hydrogen-bond acceptors (Lipinski definition) is 3. The van der Waals surface area contributed by atoms with Crippen LogP contribution in [-0.4, -0.2) is 32.8 Å². The van der Waals surface area contributed by atoms with Crippen LogP contribution < -0.4 is 0 Å². The summed E-state index contributed by atoms with van der Waals surface area (Å²) in [5.74, 6) is -0.123. The van der Waals surface area contributed by atoms with Crippen LogP contribution in [0.2, 0.25) is 5.02 Å². The summed E-state index contributed by atoms with van der Waals surface area (Å²) >= 11 is 6.14. The highest BCUT2D eigenvalue weighted by atomic mass is 35.5. The van der Waals surface area contributed by atoms with Crippen molar-refractivity contribution in [3.63, 3.8) is 0 Å². The molecule has 0 aliphatic heterocycles. The molecule has 26 heavy (non-hydrogen) atoms. The van der Waals surface area contributed by atoms with E-state index in [9.17, 15) is 4.79 Å². The molecule has 0 saturated heterocycles. The minimum absolute atomic E-state index is 0.123. The number of aromatic nitrogens is 3. The molecular formula is C20H19ClN4O. The molecular weight excluding hydrogens is 348 g/mol. The maximum absolute atomic E-state index is 12.3. The highest BCUT2D eigenvalue weighted by Gasteiger charge is 2.08. The first-order chi connectivity index (χ1) is 12.6. The number of halogens is 1. The van der Waals surface area contributed by atoms with Gasteiger partial charge in [0.05, 0.1) is 12.7 Å². The van der Waals surface area contributed by atoms with Crippen molar-refractivity contribution >= 4 is 23.6 Å². The van der Waals surface area contributed by atoms with Gasteiger partial charge in [0, 0.05) is 24.7 Å². The average molecular weight is 367 g/mol. The standard InChI is InChI=1S/C20H19ClN4O/c1-24(14-17-9-5-6-10-19(17)21)20(26)12-11-18-15-25(23-22-18)13-16-7-3-2-4-8-16/h2-12,15H,13-14H2,1H3/b12-11+. The molecule has 0 fully saturated rings. The van der Waals surface area contributed by atoms with Crippen molar-refractivity contribution in [1.82, 2.24) is 19.9 Å². The molecule has 6 heteroatoms. The molecule has 5 nitrogen and oxygen atoms in total. The Labute approximate surface area is 157 Å². The number of carbonyl (C=O) groups excluding carboxylic acids is 1. The summed E-state index contributed by atoms with van der Waals surface area (Å²) in [6.45, 7) is 1.09. The van der Waals surface area contributed by atoms with Gasteiger partial charge in [0.2, 0.25) is 5.91 Å². The van der Waals surface area contributed by atoms with Crippen molar-refractivity contribution < 1.29 is 4.79 Å². The Morgan fingerprint density at radius 1 is 1.15 bits per heavy atom. The van der Waals surface area contributed by atoms with Gasteiger partial charge in [-0.05, 0) is 23.3 Å². The quantitative estimate of drug-likeness (QED) is 0.626. The summed E-state index contributed by atoms with van der Waals surface area (Å²) in [5, 5.41) is 8.82. The van der Waals surface area contributed by atoms with E-state index in [1.165, 1.54) is 6.08 Å². The molecule has 1 amide bonds. The molecule has 3 rings (SSSR count). The Balaban J connectivity index is 1.59. The Kier molecular flexibility index (Phi) is 5.81. The predicted molar refractivity (Wildman–Crippen MR) is 103 cm³/mol. The summed E-state index contributed by atoms with van der Waals surface area (Å²) in [5.41, 5.74) is 2.69. The van der Waals surface area contributed by atoms with Crippen molar-refractivity contribution in [3.05, 3.63) is 88.7 Å². The van der Waals surface area contributed by atoms with Crippen LogP contribution in [0.5, 0.6) is 0 Å². The zero-order chi connectivity index (χ0) is 18.4. The van der Waals surface area contributed by atoms with Gasteiger partial charge >= 0.3 is 0 Å². The Morgan fingerprint density at radius 2 is 1.88 bits per heavy atom. The fourth-order valence-corrected chi connectivity index (χ4v) is 2.68. The van der Waals surface area contributed by atoms with Crippen LogP contribution in [0.4, 0.5) is 0 Å². The van der Waals surface area contributed by atoms with Crippen molar-refractivity contribution in [2.24, 2.45) is 0 Å². The molecule has 0 unspecified atom stereocenters. The number of amides is 1. The third kappa shape index (κ3) is 4.80. The third-order valence-electron chi connectivity index (χ3n) is 3.88. The average Bonchev–Trinajstić information content (AvgIpc) is 3.09. The normalized spacial score (nSPS) is 11.0. The van der Waals surface area contributed by atoms with Gasteiger partial charge in [-0.15, -0.1) is 5.10 Å². The van der Waals surface area contributed by atoms with Crippen LogP contribution >= 0.6 is 11.6 Å². The van der Waals surface area contributed by atoms with Crippen molar-refractivity contribution in [1.29, 1.82) is 0 Å². The summed E-state index contributed by atoms with van der Waals surface area (Å²) in [4.78, 5) is 13.9. The number of hydrogen-bond donors (Lipinski definition) is 0. The zero-order valence-electron chi connectivity index (χ0n) is 14.4. The summed E-state index contributed by atoms with van der Waals surface area (Å²) < 4.78 is 1.74. The zero-order valence-corrected chi connectivity index (χ0v) is 15.2. The third-order valence-corrected chi connectivity index (χ3v) is 4.25. The molecule has 0 radical (unpaired) electrons. The molecule has 0 spiro atoms.